The van der Waals surface area contributed by atoms with Crippen molar-refractivity contribution in [1.29, 1.82) is 0 Å². The zero-order valence-electron chi connectivity index (χ0n) is 20.2. The predicted octanol–water partition coefficient (Wildman–Crippen LogP) is 5.84. The van der Waals surface area contributed by atoms with Crippen molar-refractivity contribution in [2.24, 2.45) is 0 Å². The minimum atomic E-state index is -4.02. The van der Waals surface area contributed by atoms with Crippen molar-refractivity contribution in [3.63, 3.8) is 0 Å². The Morgan fingerprint density at radius 3 is 2.35 bits per heavy atom. The minimum absolute atomic E-state index is 0.133. The van der Waals surface area contributed by atoms with Gasteiger partial charge < -0.3 is 5.32 Å². The van der Waals surface area contributed by atoms with Crippen LogP contribution in [0.4, 0.5) is 14.6 Å². The molecule has 37 heavy (non-hydrogen) atoms. The van der Waals surface area contributed by atoms with E-state index in [4.69, 9.17) is 0 Å². The monoisotopic (exact) mass is 517 g/mol. The van der Waals surface area contributed by atoms with Crippen LogP contribution in [-0.4, -0.2) is 23.6 Å². The van der Waals surface area contributed by atoms with E-state index in [2.05, 4.69) is 10.4 Å². The maximum atomic E-state index is 14.5. The highest BCUT2D eigenvalue weighted by atomic mass is 32.2. The maximum absolute atomic E-state index is 14.5. The zero-order valence-corrected chi connectivity index (χ0v) is 21.0. The van der Waals surface area contributed by atoms with Gasteiger partial charge in [0, 0.05) is 23.4 Å². The van der Waals surface area contributed by atoms with Crippen LogP contribution in [0.3, 0.4) is 0 Å². The normalized spacial score (nSPS) is 19.0. The quantitative estimate of drug-likeness (QED) is 0.349. The summed E-state index contributed by atoms with van der Waals surface area (Å²) in [6.07, 6.45) is 5.99. The Kier molecular flexibility index (Phi) is 5.53. The van der Waals surface area contributed by atoms with E-state index in [0.29, 0.717) is 22.6 Å². The third kappa shape index (κ3) is 4.05. The van der Waals surface area contributed by atoms with E-state index in [1.54, 1.807) is 30.3 Å². The van der Waals surface area contributed by atoms with Crippen molar-refractivity contribution in [3.05, 3.63) is 118 Å². The molecule has 1 saturated carbocycles. The highest BCUT2D eigenvalue weighted by molar-refractivity contribution is 7.89. The SMILES string of the molecule is Cc1ccc(S(=O)(=O)n2nc(NC3CC3)c3c2CC(c2ccccc2)(c2ccc(F)c(F)c2)C=C3)cc1. The third-order valence-electron chi connectivity index (χ3n) is 7.16. The van der Waals surface area contributed by atoms with E-state index in [9.17, 15) is 17.2 Å². The van der Waals surface area contributed by atoms with Gasteiger partial charge in [0.1, 0.15) is 0 Å². The molecule has 2 aliphatic carbocycles. The molecule has 0 saturated heterocycles. The molecule has 0 radical (unpaired) electrons. The van der Waals surface area contributed by atoms with Crippen molar-refractivity contribution in [1.82, 2.24) is 9.19 Å². The van der Waals surface area contributed by atoms with Gasteiger partial charge in [-0.3, -0.25) is 0 Å². The molecule has 1 fully saturated rings. The molecule has 1 N–H and O–H groups in total. The number of hydrogen-bond acceptors (Lipinski definition) is 4. The number of fused-ring (bicyclic) bond motifs is 1. The number of aromatic nitrogens is 2. The first-order chi connectivity index (χ1) is 17.8. The van der Waals surface area contributed by atoms with Gasteiger partial charge in [-0.05, 0) is 55.2 Å². The third-order valence-corrected chi connectivity index (χ3v) is 8.78. The summed E-state index contributed by atoms with van der Waals surface area (Å²) in [6.45, 7) is 1.89. The number of halogens is 2. The lowest BCUT2D eigenvalue weighted by Crippen LogP contribution is -2.33. The Morgan fingerprint density at radius 2 is 1.68 bits per heavy atom. The molecule has 5 nitrogen and oxygen atoms in total. The standard InChI is InChI=1S/C29H25F2N3O2S/c1-19-7-12-23(13-8-19)37(35,36)34-27-18-29(20-5-3-2-4-6-20,21-9-14-25(30)26(31)17-21)16-15-24(27)28(33-34)32-22-10-11-22/h2-9,12-17,22H,10-11,18H2,1H3,(H,32,33). The number of rotatable bonds is 6. The fourth-order valence-electron chi connectivity index (χ4n) is 4.94. The fourth-order valence-corrected chi connectivity index (χ4v) is 6.26. The van der Waals surface area contributed by atoms with Crippen LogP contribution in [-0.2, 0) is 21.9 Å². The summed E-state index contributed by atoms with van der Waals surface area (Å²) in [4.78, 5) is 0.133. The molecule has 0 amide bonds. The van der Waals surface area contributed by atoms with Crippen LogP contribution in [0.15, 0.2) is 83.8 Å². The van der Waals surface area contributed by atoms with Crippen molar-refractivity contribution in [2.45, 2.75) is 42.5 Å². The van der Waals surface area contributed by atoms with Crippen molar-refractivity contribution in [2.75, 3.05) is 5.32 Å². The molecule has 188 valence electrons. The molecule has 0 bridgehead atoms. The van der Waals surface area contributed by atoms with Gasteiger partial charge in [-0.1, -0.05) is 66.2 Å². The first-order valence-corrected chi connectivity index (χ1v) is 13.6. The van der Waals surface area contributed by atoms with Gasteiger partial charge in [0.2, 0.25) is 0 Å². The van der Waals surface area contributed by atoms with Crippen LogP contribution >= 0.6 is 0 Å². The Hall–Kier alpha value is -3.78. The number of nitrogens with one attached hydrogen (secondary N) is 1. The van der Waals surface area contributed by atoms with E-state index < -0.39 is 27.1 Å². The van der Waals surface area contributed by atoms with Crippen LogP contribution in [0, 0.1) is 18.6 Å². The number of allylic oxidation sites excluding steroid dienone is 1. The van der Waals surface area contributed by atoms with Gasteiger partial charge in [0.05, 0.1) is 10.6 Å². The largest absolute Gasteiger partial charge is 0.365 e. The number of nitrogens with zero attached hydrogens (tertiary/aromatic N) is 2. The van der Waals surface area contributed by atoms with Gasteiger partial charge in [-0.15, -0.1) is 5.10 Å². The van der Waals surface area contributed by atoms with Crippen LogP contribution in [0.25, 0.3) is 6.08 Å². The van der Waals surface area contributed by atoms with E-state index in [-0.39, 0.29) is 17.4 Å². The van der Waals surface area contributed by atoms with Crippen LogP contribution in [0.2, 0.25) is 0 Å². The smallest absolute Gasteiger partial charge is 0.283 e. The molecular formula is C29H25F2N3O2S. The molecule has 1 atom stereocenters. The van der Waals surface area contributed by atoms with Gasteiger partial charge >= 0.3 is 0 Å². The van der Waals surface area contributed by atoms with Crippen molar-refractivity contribution >= 4 is 21.9 Å². The van der Waals surface area contributed by atoms with Gasteiger partial charge in [-0.2, -0.15) is 12.5 Å². The van der Waals surface area contributed by atoms with Crippen molar-refractivity contribution in [3.8, 4) is 0 Å². The molecule has 3 aromatic carbocycles. The molecule has 1 unspecified atom stereocenters. The summed E-state index contributed by atoms with van der Waals surface area (Å²) in [6, 6.07) is 20.2. The summed E-state index contributed by atoms with van der Waals surface area (Å²) in [5, 5.41) is 7.92. The minimum Gasteiger partial charge on any atom is -0.365 e. The number of anilines is 1. The maximum Gasteiger partial charge on any atom is 0.283 e. The van der Waals surface area contributed by atoms with Crippen LogP contribution in [0.5, 0.6) is 0 Å². The zero-order chi connectivity index (χ0) is 25.8. The Balaban J connectivity index is 1.56. The second kappa shape index (κ2) is 8.66. The van der Waals surface area contributed by atoms with Gasteiger partial charge in [0.15, 0.2) is 17.5 Å². The Bertz CT molecular complexity index is 1630. The van der Waals surface area contributed by atoms with E-state index >= 15 is 0 Å². The molecule has 4 aromatic rings. The highest BCUT2D eigenvalue weighted by Gasteiger charge is 2.40. The summed E-state index contributed by atoms with van der Waals surface area (Å²) in [7, 11) is -4.02. The number of hydrogen-bond donors (Lipinski definition) is 1. The average molecular weight is 518 g/mol. The molecule has 1 heterocycles. The molecule has 0 spiro atoms. The Morgan fingerprint density at radius 1 is 0.946 bits per heavy atom. The lowest BCUT2D eigenvalue weighted by atomic mass is 9.68. The second-order valence-corrected chi connectivity index (χ2v) is 11.5. The molecule has 0 aliphatic heterocycles. The first-order valence-electron chi connectivity index (χ1n) is 12.2. The summed E-state index contributed by atoms with van der Waals surface area (Å²) < 4.78 is 57.2. The second-order valence-electron chi connectivity index (χ2n) is 9.77. The lowest BCUT2D eigenvalue weighted by molar-refractivity contribution is 0.501. The van der Waals surface area contributed by atoms with Gasteiger partial charge in [-0.25, -0.2) is 8.78 Å². The molecular weight excluding hydrogens is 492 g/mol. The Labute approximate surface area is 214 Å². The highest BCUT2D eigenvalue weighted by Crippen LogP contribution is 2.44. The number of aryl methyl sites for hydroxylation is 1. The van der Waals surface area contributed by atoms with E-state index in [0.717, 1.165) is 34.1 Å². The molecule has 2 aliphatic rings. The first kappa shape index (κ1) is 23.6. The topological polar surface area (TPSA) is 64.0 Å². The molecule has 1 aromatic heterocycles. The average Bonchev–Trinajstić information content (AvgIpc) is 3.65. The fraction of sp³-hybridized carbons (Fsp3) is 0.207. The summed E-state index contributed by atoms with van der Waals surface area (Å²) in [5.74, 6) is -1.38. The van der Waals surface area contributed by atoms with Gasteiger partial charge in [0.25, 0.3) is 10.0 Å². The summed E-state index contributed by atoms with van der Waals surface area (Å²) >= 11 is 0. The van der Waals surface area contributed by atoms with Crippen LogP contribution in [0.1, 0.15) is 40.8 Å². The number of benzene rings is 3. The van der Waals surface area contributed by atoms with E-state index in [1.165, 1.54) is 6.07 Å². The molecule has 8 heteroatoms. The van der Waals surface area contributed by atoms with Crippen LogP contribution < -0.4 is 5.32 Å². The predicted molar refractivity (Wildman–Crippen MR) is 139 cm³/mol. The summed E-state index contributed by atoms with van der Waals surface area (Å²) in [5.41, 5.74) is 2.55. The lowest BCUT2D eigenvalue weighted by Gasteiger charge is -2.35. The molecule has 6 rings (SSSR count). The van der Waals surface area contributed by atoms with Crippen molar-refractivity contribution < 1.29 is 17.2 Å². The van der Waals surface area contributed by atoms with E-state index in [1.807, 2.05) is 49.4 Å².